The van der Waals surface area contributed by atoms with E-state index in [1.165, 1.54) is 0 Å². The molecule has 0 aliphatic heterocycles. The lowest BCUT2D eigenvalue weighted by Crippen LogP contribution is -2.23. The Balaban J connectivity index is 2.07. The van der Waals surface area contributed by atoms with Gasteiger partial charge in [0.05, 0.1) is 0 Å². The van der Waals surface area contributed by atoms with Crippen LogP contribution in [-0.2, 0) is 6.54 Å². The predicted octanol–water partition coefficient (Wildman–Crippen LogP) is 3.24. The fraction of sp³-hybridized carbons (Fsp3) is 0.0667. The van der Waals surface area contributed by atoms with Crippen molar-refractivity contribution in [1.29, 1.82) is 0 Å². The Morgan fingerprint density at radius 1 is 1.00 bits per heavy atom. The van der Waals surface area contributed by atoms with Crippen molar-refractivity contribution in [3.05, 3.63) is 68.1 Å². The summed E-state index contributed by atoms with van der Waals surface area (Å²) in [7, 11) is 0. The molecule has 6 heteroatoms. The molecule has 0 saturated carbocycles. The molecular weight excluding hydrogens is 400 g/mol. The lowest BCUT2D eigenvalue weighted by atomic mass is 10.1. The smallest absolute Gasteiger partial charge is 0.251 e. The van der Waals surface area contributed by atoms with Gasteiger partial charge in [0.2, 0.25) is 5.91 Å². The Labute approximate surface area is 139 Å². The lowest BCUT2D eigenvalue weighted by Gasteiger charge is -2.07. The van der Waals surface area contributed by atoms with Gasteiger partial charge in [0.1, 0.15) is 0 Å². The van der Waals surface area contributed by atoms with Crippen LogP contribution < -0.4 is 11.1 Å². The number of carbonyl (C=O) groups excluding carboxylic acids is 2. The molecule has 0 spiro atoms. The molecule has 0 atom stereocenters. The molecule has 3 N–H and O–H groups in total. The van der Waals surface area contributed by atoms with Crippen molar-refractivity contribution in [2.24, 2.45) is 5.73 Å². The number of hydrogen-bond acceptors (Lipinski definition) is 2. The van der Waals surface area contributed by atoms with Crippen LogP contribution in [0.25, 0.3) is 0 Å². The Bertz CT molecular complexity index is 682. The highest BCUT2D eigenvalue weighted by atomic mass is 79.9. The maximum absolute atomic E-state index is 12.1. The van der Waals surface area contributed by atoms with Crippen LogP contribution in [0, 0.1) is 0 Å². The number of benzene rings is 2. The highest BCUT2D eigenvalue weighted by Crippen LogP contribution is 2.20. The molecule has 2 aromatic rings. The number of halogens is 2. The van der Waals surface area contributed by atoms with Crippen LogP contribution in [0.1, 0.15) is 26.3 Å². The predicted molar refractivity (Wildman–Crippen MR) is 88.0 cm³/mol. The van der Waals surface area contributed by atoms with Gasteiger partial charge in [-0.25, -0.2) is 0 Å². The van der Waals surface area contributed by atoms with Gasteiger partial charge < -0.3 is 11.1 Å². The van der Waals surface area contributed by atoms with Gasteiger partial charge in [-0.15, -0.1) is 0 Å². The summed E-state index contributed by atoms with van der Waals surface area (Å²) in [6.07, 6.45) is 0. The fourth-order valence-corrected chi connectivity index (χ4v) is 3.10. The second kappa shape index (κ2) is 6.87. The molecule has 0 aliphatic carbocycles. The van der Waals surface area contributed by atoms with E-state index in [9.17, 15) is 9.59 Å². The first-order valence-corrected chi connectivity index (χ1v) is 7.67. The second-order valence-corrected chi connectivity index (χ2v) is 6.24. The van der Waals surface area contributed by atoms with Crippen molar-refractivity contribution in [2.75, 3.05) is 0 Å². The van der Waals surface area contributed by atoms with E-state index >= 15 is 0 Å². The quantitative estimate of drug-likeness (QED) is 0.810. The molecule has 0 heterocycles. The summed E-state index contributed by atoms with van der Waals surface area (Å²) in [5.74, 6) is -0.680. The molecule has 2 amide bonds. The molecule has 0 aliphatic rings. The van der Waals surface area contributed by atoms with Crippen molar-refractivity contribution in [3.63, 3.8) is 0 Å². The van der Waals surface area contributed by atoms with Crippen LogP contribution in [0.15, 0.2) is 51.4 Å². The van der Waals surface area contributed by atoms with E-state index in [1.54, 1.807) is 30.3 Å². The van der Waals surface area contributed by atoms with E-state index in [1.807, 2.05) is 12.1 Å². The molecule has 0 radical (unpaired) electrons. The van der Waals surface area contributed by atoms with Crippen LogP contribution in [0.4, 0.5) is 0 Å². The lowest BCUT2D eigenvalue weighted by molar-refractivity contribution is 0.0950. The van der Waals surface area contributed by atoms with Gasteiger partial charge in [0, 0.05) is 26.6 Å². The second-order valence-electron chi connectivity index (χ2n) is 4.41. The van der Waals surface area contributed by atoms with Crippen LogP contribution >= 0.6 is 31.9 Å². The first-order valence-electron chi connectivity index (χ1n) is 6.09. The third-order valence-corrected chi connectivity index (χ3v) is 3.70. The first kappa shape index (κ1) is 15.7. The molecule has 2 aromatic carbocycles. The van der Waals surface area contributed by atoms with Crippen molar-refractivity contribution < 1.29 is 9.59 Å². The topological polar surface area (TPSA) is 72.2 Å². The third-order valence-electron chi connectivity index (χ3n) is 2.79. The number of nitrogens with one attached hydrogen (secondary N) is 1. The van der Waals surface area contributed by atoms with Crippen molar-refractivity contribution in [3.8, 4) is 0 Å². The maximum Gasteiger partial charge on any atom is 0.251 e. The van der Waals surface area contributed by atoms with Gasteiger partial charge in [-0.3, -0.25) is 9.59 Å². The van der Waals surface area contributed by atoms with E-state index in [-0.39, 0.29) is 5.91 Å². The van der Waals surface area contributed by atoms with Crippen molar-refractivity contribution in [1.82, 2.24) is 5.32 Å². The number of hydrogen-bond donors (Lipinski definition) is 2. The van der Waals surface area contributed by atoms with Gasteiger partial charge in [0.25, 0.3) is 5.91 Å². The third kappa shape index (κ3) is 4.41. The van der Waals surface area contributed by atoms with Gasteiger partial charge in [0.15, 0.2) is 0 Å². The summed E-state index contributed by atoms with van der Waals surface area (Å²) in [4.78, 5) is 23.2. The molecule has 21 heavy (non-hydrogen) atoms. The SMILES string of the molecule is NC(=O)c1cccc(CNC(=O)c2cc(Br)cc(Br)c2)c1. The molecule has 2 rings (SSSR count). The minimum atomic E-state index is -0.487. The van der Waals surface area contributed by atoms with E-state index in [2.05, 4.69) is 37.2 Å². The largest absolute Gasteiger partial charge is 0.366 e. The average molecular weight is 412 g/mol. The van der Waals surface area contributed by atoms with Gasteiger partial charge in [-0.1, -0.05) is 44.0 Å². The summed E-state index contributed by atoms with van der Waals surface area (Å²) in [6.45, 7) is 0.323. The Kier molecular flexibility index (Phi) is 5.14. The minimum Gasteiger partial charge on any atom is -0.366 e. The number of nitrogens with two attached hydrogens (primary N) is 1. The normalized spacial score (nSPS) is 10.2. The van der Waals surface area contributed by atoms with E-state index in [0.29, 0.717) is 17.7 Å². The summed E-state index contributed by atoms with van der Waals surface area (Å²) in [6, 6.07) is 12.2. The zero-order valence-corrected chi connectivity index (χ0v) is 14.1. The van der Waals surface area contributed by atoms with Crippen LogP contribution in [0.2, 0.25) is 0 Å². The number of carbonyl (C=O) groups is 2. The summed E-state index contributed by atoms with van der Waals surface area (Å²) in [5.41, 5.74) is 7.01. The Morgan fingerprint density at radius 2 is 1.67 bits per heavy atom. The first-order chi connectivity index (χ1) is 9.95. The fourth-order valence-electron chi connectivity index (χ4n) is 1.80. The van der Waals surface area contributed by atoms with Crippen LogP contribution in [-0.4, -0.2) is 11.8 Å². The molecule has 0 fully saturated rings. The van der Waals surface area contributed by atoms with Crippen molar-refractivity contribution in [2.45, 2.75) is 6.54 Å². The van der Waals surface area contributed by atoms with E-state index < -0.39 is 5.91 Å². The molecule has 0 saturated heterocycles. The minimum absolute atomic E-state index is 0.193. The standard InChI is InChI=1S/C15H12Br2N2O2/c16-12-5-11(6-13(17)7-12)15(21)19-8-9-2-1-3-10(4-9)14(18)20/h1-7H,8H2,(H2,18,20)(H,19,21). The maximum atomic E-state index is 12.1. The molecule has 0 unspecified atom stereocenters. The highest BCUT2D eigenvalue weighted by molar-refractivity contribution is 9.11. The molecule has 0 bridgehead atoms. The zero-order valence-electron chi connectivity index (χ0n) is 10.9. The number of primary amides is 1. The molecule has 108 valence electrons. The highest BCUT2D eigenvalue weighted by Gasteiger charge is 2.08. The van der Waals surface area contributed by atoms with E-state index in [0.717, 1.165) is 14.5 Å². The van der Waals surface area contributed by atoms with Gasteiger partial charge in [-0.2, -0.15) is 0 Å². The molecular formula is C15H12Br2N2O2. The monoisotopic (exact) mass is 410 g/mol. The van der Waals surface area contributed by atoms with Crippen LogP contribution in [0.3, 0.4) is 0 Å². The molecule has 4 nitrogen and oxygen atoms in total. The van der Waals surface area contributed by atoms with E-state index in [4.69, 9.17) is 5.73 Å². The summed E-state index contributed by atoms with van der Waals surface area (Å²) >= 11 is 6.68. The summed E-state index contributed by atoms with van der Waals surface area (Å²) < 4.78 is 1.63. The molecule has 0 aromatic heterocycles. The van der Waals surface area contributed by atoms with Gasteiger partial charge in [-0.05, 0) is 35.9 Å². The number of rotatable bonds is 4. The average Bonchev–Trinajstić information content (AvgIpc) is 2.44. The number of amides is 2. The Morgan fingerprint density at radius 3 is 2.29 bits per heavy atom. The van der Waals surface area contributed by atoms with Crippen LogP contribution in [0.5, 0.6) is 0 Å². The zero-order chi connectivity index (χ0) is 15.4. The van der Waals surface area contributed by atoms with Crippen molar-refractivity contribution >= 4 is 43.7 Å². The Hall–Kier alpha value is -1.66. The van der Waals surface area contributed by atoms with Gasteiger partial charge >= 0.3 is 0 Å². The summed E-state index contributed by atoms with van der Waals surface area (Å²) in [5, 5.41) is 2.80.